The van der Waals surface area contributed by atoms with Crippen LogP contribution in [0.3, 0.4) is 0 Å². The van der Waals surface area contributed by atoms with Gasteiger partial charge in [-0.15, -0.1) is 11.8 Å². The smallest absolute Gasteiger partial charge is 0.234 e. The van der Waals surface area contributed by atoms with Crippen LogP contribution in [0.25, 0.3) is 0 Å². The minimum atomic E-state index is -0.291. The Morgan fingerprint density at radius 1 is 1.12 bits per heavy atom. The van der Waals surface area contributed by atoms with Crippen molar-refractivity contribution in [2.24, 2.45) is 0 Å². The van der Waals surface area contributed by atoms with Crippen molar-refractivity contribution in [2.45, 2.75) is 17.7 Å². The number of carbonyl (C=O) groups is 2. The van der Waals surface area contributed by atoms with Gasteiger partial charge in [0.2, 0.25) is 11.8 Å². The lowest BCUT2D eigenvalue weighted by Gasteiger charge is -2.16. The monoisotopic (exact) mass is 344 g/mol. The third kappa shape index (κ3) is 4.14. The molecule has 0 bridgehead atoms. The molecule has 1 aliphatic heterocycles. The normalized spacial score (nSPS) is 14.0. The molecule has 2 aromatic rings. The zero-order valence-electron chi connectivity index (χ0n) is 13.0. The molecule has 0 saturated carbocycles. The van der Waals surface area contributed by atoms with Gasteiger partial charge in [-0.1, -0.05) is 0 Å². The minimum absolute atomic E-state index is 0.130. The van der Waals surface area contributed by atoms with E-state index in [9.17, 15) is 14.0 Å². The highest BCUT2D eigenvalue weighted by molar-refractivity contribution is 8.00. The molecule has 1 N–H and O–H groups in total. The Morgan fingerprint density at radius 3 is 2.46 bits per heavy atom. The van der Waals surface area contributed by atoms with Gasteiger partial charge in [0.1, 0.15) is 5.82 Å². The molecule has 2 amide bonds. The number of hydrogen-bond donors (Lipinski definition) is 1. The van der Waals surface area contributed by atoms with E-state index in [1.165, 1.54) is 23.9 Å². The summed E-state index contributed by atoms with van der Waals surface area (Å²) in [6.07, 6.45) is 1.48. The summed E-state index contributed by atoms with van der Waals surface area (Å²) in [4.78, 5) is 26.3. The standard InChI is InChI=1S/C18H17FN2O2S/c19-13-3-9-16(10-4-13)24-12-17(22)20-14-5-7-15(8-6-14)21-11-1-2-18(21)23/h3-10H,1-2,11-12H2,(H,20,22). The number of benzene rings is 2. The summed E-state index contributed by atoms with van der Waals surface area (Å²) >= 11 is 1.35. The highest BCUT2D eigenvalue weighted by Gasteiger charge is 2.21. The van der Waals surface area contributed by atoms with Crippen LogP contribution in [0.2, 0.25) is 0 Å². The second-order valence-electron chi connectivity index (χ2n) is 5.49. The molecule has 1 fully saturated rings. The molecule has 0 spiro atoms. The van der Waals surface area contributed by atoms with Crippen molar-refractivity contribution in [3.8, 4) is 0 Å². The SMILES string of the molecule is O=C(CSc1ccc(F)cc1)Nc1ccc(N2CCCC2=O)cc1. The van der Waals surface area contributed by atoms with Gasteiger partial charge in [-0.2, -0.15) is 0 Å². The molecular weight excluding hydrogens is 327 g/mol. The highest BCUT2D eigenvalue weighted by atomic mass is 32.2. The summed E-state index contributed by atoms with van der Waals surface area (Å²) in [6, 6.07) is 13.3. The molecule has 1 saturated heterocycles. The van der Waals surface area contributed by atoms with E-state index in [0.29, 0.717) is 12.1 Å². The summed E-state index contributed by atoms with van der Waals surface area (Å²) in [5.41, 5.74) is 1.55. The van der Waals surface area contributed by atoms with E-state index in [2.05, 4.69) is 5.32 Å². The molecule has 2 aromatic carbocycles. The number of halogens is 1. The molecule has 0 aliphatic carbocycles. The molecule has 1 heterocycles. The van der Waals surface area contributed by atoms with Gasteiger partial charge in [0, 0.05) is 29.2 Å². The number of carbonyl (C=O) groups excluding carboxylic acids is 2. The van der Waals surface area contributed by atoms with Crippen molar-refractivity contribution in [1.82, 2.24) is 0 Å². The van der Waals surface area contributed by atoms with Crippen molar-refractivity contribution < 1.29 is 14.0 Å². The van der Waals surface area contributed by atoms with E-state index in [4.69, 9.17) is 0 Å². The van der Waals surface area contributed by atoms with Gasteiger partial charge in [-0.25, -0.2) is 4.39 Å². The first-order valence-corrected chi connectivity index (χ1v) is 8.69. The Labute approximate surface area is 144 Å². The number of nitrogens with zero attached hydrogens (tertiary/aromatic N) is 1. The predicted octanol–water partition coefficient (Wildman–Crippen LogP) is 3.68. The maximum absolute atomic E-state index is 12.8. The Hall–Kier alpha value is -2.34. The Bertz CT molecular complexity index is 732. The first-order valence-electron chi connectivity index (χ1n) is 7.70. The van der Waals surface area contributed by atoms with E-state index < -0.39 is 0 Å². The van der Waals surface area contributed by atoms with Crippen molar-refractivity contribution in [3.05, 3.63) is 54.3 Å². The van der Waals surface area contributed by atoms with E-state index in [1.54, 1.807) is 29.2 Å². The minimum Gasteiger partial charge on any atom is -0.325 e. The number of rotatable bonds is 5. The summed E-state index contributed by atoms with van der Waals surface area (Å²) in [5.74, 6) is -0.0324. The van der Waals surface area contributed by atoms with E-state index in [0.717, 1.165) is 23.5 Å². The maximum atomic E-state index is 12.8. The van der Waals surface area contributed by atoms with E-state index >= 15 is 0 Å². The molecule has 0 atom stereocenters. The second-order valence-corrected chi connectivity index (χ2v) is 6.54. The Balaban J connectivity index is 1.52. The summed E-state index contributed by atoms with van der Waals surface area (Å²) in [6.45, 7) is 0.749. The first kappa shape index (κ1) is 16.5. The molecule has 6 heteroatoms. The van der Waals surface area contributed by atoms with Crippen LogP contribution >= 0.6 is 11.8 Å². The van der Waals surface area contributed by atoms with Crippen LogP contribution in [0, 0.1) is 5.82 Å². The van der Waals surface area contributed by atoms with Crippen LogP contribution in [-0.2, 0) is 9.59 Å². The van der Waals surface area contributed by atoms with Gasteiger partial charge in [0.05, 0.1) is 5.75 Å². The fraction of sp³-hybridized carbons (Fsp3) is 0.222. The van der Waals surface area contributed by atoms with Crippen LogP contribution in [-0.4, -0.2) is 24.1 Å². The zero-order chi connectivity index (χ0) is 16.9. The molecule has 24 heavy (non-hydrogen) atoms. The van der Waals surface area contributed by atoms with E-state index in [1.807, 2.05) is 12.1 Å². The third-order valence-corrected chi connectivity index (χ3v) is 4.73. The molecule has 1 aliphatic rings. The molecule has 0 radical (unpaired) electrons. The second kappa shape index (κ2) is 7.49. The van der Waals surface area contributed by atoms with Gasteiger partial charge in [-0.05, 0) is 55.0 Å². The van der Waals surface area contributed by atoms with Crippen LogP contribution < -0.4 is 10.2 Å². The van der Waals surface area contributed by atoms with Crippen LogP contribution in [0.4, 0.5) is 15.8 Å². The van der Waals surface area contributed by atoms with Crippen molar-refractivity contribution >= 4 is 35.0 Å². The number of hydrogen-bond acceptors (Lipinski definition) is 3. The summed E-state index contributed by atoms with van der Waals surface area (Å²) in [5, 5.41) is 2.82. The zero-order valence-corrected chi connectivity index (χ0v) is 13.8. The lowest BCUT2D eigenvalue weighted by atomic mass is 10.2. The lowest BCUT2D eigenvalue weighted by molar-refractivity contribution is -0.117. The topological polar surface area (TPSA) is 49.4 Å². The molecule has 4 nitrogen and oxygen atoms in total. The Morgan fingerprint density at radius 2 is 1.83 bits per heavy atom. The summed E-state index contributed by atoms with van der Waals surface area (Å²) in [7, 11) is 0. The highest BCUT2D eigenvalue weighted by Crippen LogP contribution is 2.23. The van der Waals surface area contributed by atoms with Crippen LogP contribution in [0.5, 0.6) is 0 Å². The van der Waals surface area contributed by atoms with Gasteiger partial charge in [0.15, 0.2) is 0 Å². The molecular formula is C18H17FN2O2S. The van der Waals surface area contributed by atoms with Gasteiger partial charge in [0.25, 0.3) is 0 Å². The molecule has 124 valence electrons. The molecule has 0 aromatic heterocycles. The van der Waals surface area contributed by atoms with Gasteiger partial charge >= 0.3 is 0 Å². The molecule has 3 rings (SSSR count). The quantitative estimate of drug-likeness (QED) is 0.842. The number of anilines is 2. The fourth-order valence-electron chi connectivity index (χ4n) is 2.52. The average Bonchev–Trinajstić information content (AvgIpc) is 3.01. The van der Waals surface area contributed by atoms with Gasteiger partial charge < -0.3 is 10.2 Å². The third-order valence-electron chi connectivity index (χ3n) is 3.72. The van der Waals surface area contributed by atoms with Crippen LogP contribution in [0.15, 0.2) is 53.4 Å². The number of nitrogens with one attached hydrogen (secondary N) is 1. The lowest BCUT2D eigenvalue weighted by Crippen LogP contribution is -2.23. The first-order chi connectivity index (χ1) is 11.6. The van der Waals surface area contributed by atoms with Crippen molar-refractivity contribution in [3.63, 3.8) is 0 Å². The maximum Gasteiger partial charge on any atom is 0.234 e. The molecule has 0 unspecified atom stereocenters. The van der Waals surface area contributed by atoms with Gasteiger partial charge in [-0.3, -0.25) is 9.59 Å². The summed E-state index contributed by atoms with van der Waals surface area (Å²) < 4.78 is 12.8. The Kier molecular flexibility index (Phi) is 5.15. The average molecular weight is 344 g/mol. The predicted molar refractivity (Wildman–Crippen MR) is 93.8 cm³/mol. The number of thioether (sulfide) groups is 1. The van der Waals surface area contributed by atoms with Crippen LogP contribution in [0.1, 0.15) is 12.8 Å². The van der Waals surface area contributed by atoms with E-state index in [-0.39, 0.29) is 23.4 Å². The fourth-order valence-corrected chi connectivity index (χ4v) is 3.22. The number of amides is 2. The van der Waals surface area contributed by atoms with Crippen molar-refractivity contribution in [2.75, 3.05) is 22.5 Å². The van der Waals surface area contributed by atoms with Crippen molar-refractivity contribution in [1.29, 1.82) is 0 Å². The largest absolute Gasteiger partial charge is 0.325 e.